The van der Waals surface area contributed by atoms with E-state index in [9.17, 15) is 58.5 Å². The molecule has 0 saturated carbocycles. The summed E-state index contributed by atoms with van der Waals surface area (Å²) in [6, 6.07) is 15.3. The molecule has 0 fully saturated rings. The molecule has 0 aliphatic carbocycles. The van der Waals surface area contributed by atoms with Crippen molar-refractivity contribution in [2.75, 3.05) is 23.8 Å². The smallest absolute Gasteiger partial charge is 0.327 e. The van der Waals surface area contributed by atoms with Gasteiger partial charge in [-0.2, -0.15) is 25.3 Å². The number of carbonyl (C=O) groups is 9. The second kappa shape index (κ2) is 31.5. The number of aromatic amines is 1. The Bertz CT molecular complexity index is 2950. The molecule has 18 N–H and O–H groups in total. The first-order valence-corrected chi connectivity index (χ1v) is 27.2. The summed E-state index contributed by atoms with van der Waals surface area (Å²) in [6.07, 6.45) is 0.0156. The molecule has 5 rings (SSSR count). The van der Waals surface area contributed by atoms with E-state index in [1.807, 2.05) is 0 Å². The maximum Gasteiger partial charge on any atom is 0.327 e. The van der Waals surface area contributed by atoms with Crippen LogP contribution in [-0.2, 0) is 64.0 Å². The number of phenols is 1. The number of aromatic hydroxyl groups is 1. The van der Waals surface area contributed by atoms with Crippen LogP contribution >= 0.6 is 25.3 Å². The number of H-pyrrole nitrogens is 1. The number of urea groups is 1. The normalized spacial score (nSPS) is 14.4. The van der Waals surface area contributed by atoms with Gasteiger partial charge in [0.1, 0.15) is 54.1 Å². The number of aromatic nitrogens is 1. The number of anilines is 1. The number of aliphatic hydroxyl groups excluding tert-OH is 1. The molecule has 1 heterocycles. The molecule has 0 unspecified atom stereocenters. The number of unbranched alkanes of at least 4 members (excludes halogenated alkanes) is 1. The van der Waals surface area contributed by atoms with E-state index in [4.69, 9.17) is 17.2 Å². The molecule has 0 spiro atoms. The Morgan fingerprint density at radius 3 is 1.48 bits per heavy atom. The number of aliphatic hydroxyl groups is 1. The highest BCUT2D eigenvalue weighted by Crippen LogP contribution is 2.20. The van der Waals surface area contributed by atoms with Crippen molar-refractivity contribution in [1.29, 1.82) is 0 Å². The molecule has 9 amide bonds. The van der Waals surface area contributed by atoms with Crippen LogP contribution in [0.5, 0.6) is 5.75 Å². The van der Waals surface area contributed by atoms with Crippen LogP contribution in [0.2, 0.25) is 0 Å². The molecule has 24 nitrogen and oxygen atoms in total. The minimum atomic E-state index is -1.76. The maximum atomic E-state index is 14.9. The fraction of sp³-hybridized carbons (Fsp3) is 0.364. The molecular weight excluding hydrogens is 1080 g/mol. The highest BCUT2D eigenvalue weighted by molar-refractivity contribution is 7.80. The topological polar surface area (TPSA) is 404 Å². The standard InChI is InChI=1S/C55H70N12O12S2/c1-30(68)46(53(76)64-42(25-33-16-20-36(69)21-17-33)50(73)65-45(29-81)54(77)78)67-47(70)39(13-7-8-22-56)60-51(74)43(26-34-27-59-38-12-6-5-11-37(34)38)63-49(72)41(24-32-14-18-35(57)19-15-32)61-48(71)40(23-31-9-3-2-4-10-31)62-52(75)44(28-80)66-55(58)79/h2-6,9-12,14-21,27,30,39-46,59,68-69,80-81H,7-8,13,22-26,28-29,56-57H2,1H3,(H,60,74)(H,61,71)(H,62,75)(H,63,72)(H,64,76)(H,65,73)(H,67,70)(H,77,78)(H3,58,66,79)/t30-,39+,40+,41+,42+,43-,44+,45+,46+/m1/s1. The van der Waals surface area contributed by atoms with E-state index in [2.05, 4.69) is 72.8 Å². The van der Waals surface area contributed by atoms with Crippen molar-refractivity contribution in [1.82, 2.24) is 47.5 Å². The van der Waals surface area contributed by atoms with E-state index >= 15 is 0 Å². The van der Waals surface area contributed by atoms with Crippen LogP contribution in [0, 0.1) is 0 Å². The average molecular weight is 1160 g/mol. The van der Waals surface area contributed by atoms with Gasteiger partial charge in [0.05, 0.1) is 6.10 Å². The third kappa shape index (κ3) is 19.8. The Kier molecular flexibility index (Phi) is 24.7. The van der Waals surface area contributed by atoms with Crippen molar-refractivity contribution in [3.05, 3.63) is 132 Å². The van der Waals surface area contributed by atoms with E-state index < -0.39 is 108 Å². The van der Waals surface area contributed by atoms with Gasteiger partial charge in [-0.3, -0.25) is 33.6 Å². The van der Waals surface area contributed by atoms with E-state index in [1.54, 1.807) is 85.1 Å². The lowest BCUT2D eigenvalue weighted by atomic mass is 10.00. The van der Waals surface area contributed by atoms with Crippen LogP contribution in [0.15, 0.2) is 109 Å². The number of amides is 9. The number of benzene rings is 4. The number of primary amides is 1. The molecule has 1 aromatic heterocycles. The maximum absolute atomic E-state index is 14.9. The Labute approximate surface area is 478 Å². The number of aliphatic carboxylic acids is 1. The molecular formula is C55H70N12O12S2. The molecule has 0 saturated heterocycles. The van der Waals surface area contributed by atoms with Gasteiger partial charge in [0.15, 0.2) is 0 Å². The van der Waals surface area contributed by atoms with Crippen molar-refractivity contribution >= 4 is 95.2 Å². The molecule has 26 heteroatoms. The number of carboxylic acid groups (broad SMARTS) is 1. The van der Waals surface area contributed by atoms with E-state index in [0.29, 0.717) is 45.3 Å². The number of nitrogens with one attached hydrogen (secondary N) is 9. The van der Waals surface area contributed by atoms with Crippen LogP contribution in [-0.4, -0.2) is 146 Å². The quantitative estimate of drug-likeness (QED) is 0.0153. The summed E-state index contributed by atoms with van der Waals surface area (Å²) >= 11 is 8.17. The number of thiol groups is 2. The number of nitrogens with two attached hydrogens (primary N) is 3. The summed E-state index contributed by atoms with van der Waals surface area (Å²) in [7, 11) is 0. The molecule has 434 valence electrons. The van der Waals surface area contributed by atoms with Crippen molar-refractivity contribution in [2.24, 2.45) is 11.5 Å². The zero-order chi connectivity index (χ0) is 59.2. The van der Waals surface area contributed by atoms with E-state index in [1.165, 1.54) is 31.2 Å². The lowest BCUT2D eigenvalue weighted by Gasteiger charge is -2.29. The Hall–Kier alpha value is -8.33. The molecule has 0 aliphatic heterocycles. The summed E-state index contributed by atoms with van der Waals surface area (Å²) in [5.74, 6) is -8.27. The third-order valence-corrected chi connectivity index (χ3v) is 13.7. The van der Waals surface area contributed by atoms with Gasteiger partial charge in [0, 0.05) is 60.0 Å². The first-order valence-electron chi connectivity index (χ1n) is 25.9. The zero-order valence-electron chi connectivity index (χ0n) is 44.3. The van der Waals surface area contributed by atoms with E-state index in [0.717, 1.165) is 0 Å². The molecule has 9 atom stereocenters. The lowest BCUT2D eigenvalue weighted by molar-refractivity contribution is -0.141. The van der Waals surface area contributed by atoms with Crippen LogP contribution in [0.4, 0.5) is 10.5 Å². The van der Waals surface area contributed by atoms with Gasteiger partial charge in [-0.15, -0.1) is 0 Å². The number of hydrogen-bond donors (Lipinski definition) is 17. The summed E-state index contributed by atoms with van der Waals surface area (Å²) in [4.78, 5) is 127. The van der Waals surface area contributed by atoms with Crippen LogP contribution < -0.4 is 59.7 Å². The molecule has 0 aliphatic rings. The second-order valence-electron chi connectivity index (χ2n) is 19.2. The summed E-state index contributed by atoms with van der Waals surface area (Å²) in [5, 5.41) is 51.6. The Balaban J connectivity index is 1.47. The van der Waals surface area contributed by atoms with Gasteiger partial charge < -0.3 is 80.0 Å². The second-order valence-corrected chi connectivity index (χ2v) is 19.9. The van der Waals surface area contributed by atoms with Gasteiger partial charge in [0.25, 0.3) is 0 Å². The zero-order valence-corrected chi connectivity index (χ0v) is 46.1. The van der Waals surface area contributed by atoms with E-state index in [-0.39, 0.29) is 62.3 Å². The molecule has 0 radical (unpaired) electrons. The number of nitrogen functional groups attached to an aromatic ring is 1. The number of phenolic OH excluding ortho intramolecular Hbond substituents is 1. The van der Waals surface area contributed by atoms with Gasteiger partial charge >= 0.3 is 12.0 Å². The molecule has 81 heavy (non-hydrogen) atoms. The Morgan fingerprint density at radius 1 is 0.531 bits per heavy atom. The summed E-state index contributed by atoms with van der Waals surface area (Å²) in [5.41, 5.74) is 20.4. The van der Waals surface area contributed by atoms with Gasteiger partial charge in [-0.25, -0.2) is 9.59 Å². The van der Waals surface area contributed by atoms with Crippen molar-refractivity contribution < 1.29 is 58.5 Å². The number of para-hydroxylation sites is 1. The van der Waals surface area contributed by atoms with Crippen molar-refractivity contribution in [3.63, 3.8) is 0 Å². The molecule has 0 bridgehead atoms. The van der Waals surface area contributed by atoms with Crippen LogP contribution in [0.1, 0.15) is 48.4 Å². The average Bonchev–Trinajstić information content (AvgIpc) is 3.86. The first kappa shape index (κ1) is 63.5. The predicted molar refractivity (Wildman–Crippen MR) is 308 cm³/mol. The summed E-state index contributed by atoms with van der Waals surface area (Å²) < 4.78 is 0. The minimum absolute atomic E-state index is 0.0593. The number of rotatable bonds is 31. The number of fused-ring (bicyclic) bond motifs is 1. The SMILES string of the molecule is C[C@@H](O)[C@H](NC(=O)[C@H](CCCCN)NC(=O)[C@@H](Cc1c[nH]c2ccccc12)NC(=O)[C@H](Cc1ccc(N)cc1)NC(=O)[C@H](Cc1ccccc1)NC(=O)[C@H](CS)NC(N)=O)C(=O)N[C@@H](Cc1ccc(O)cc1)C(=O)N[C@@H](CS)C(=O)O. The van der Waals surface area contributed by atoms with Crippen LogP contribution in [0.3, 0.4) is 0 Å². The fourth-order valence-electron chi connectivity index (χ4n) is 8.56. The summed E-state index contributed by atoms with van der Waals surface area (Å²) in [6.45, 7) is 1.41. The number of carbonyl (C=O) groups excluding carboxylic acids is 8. The highest BCUT2D eigenvalue weighted by atomic mass is 32.1. The fourth-order valence-corrected chi connectivity index (χ4v) is 9.06. The monoisotopic (exact) mass is 1150 g/mol. The largest absolute Gasteiger partial charge is 0.508 e. The molecule has 5 aromatic rings. The minimum Gasteiger partial charge on any atom is -0.508 e. The lowest BCUT2D eigenvalue weighted by Crippen LogP contribution is -2.62. The van der Waals surface area contributed by atoms with Gasteiger partial charge in [-0.1, -0.05) is 72.8 Å². The van der Waals surface area contributed by atoms with Gasteiger partial charge in [0.2, 0.25) is 41.4 Å². The third-order valence-electron chi connectivity index (χ3n) is 13.0. The predicted octanol–water partition coefficient (Wildman–Crippen LogP) is -0.389. The van der Waals surface area contributed by atoms with Crippen molar-refractivity contribution in [3.8, 4) is 5.75 Å². The number of hydrogen-bond acceptors (Lipinski definition) is 15. The Morgan fingerprint density at radius 2 is 0.975 bits per heavy atom. The van der Waals surface area contributed by atoms with Crippen molar-refractivity contribution in [2.45, 2.75) is 106 Å². The van der Waals surface area contributed by atoms with Crippen LogP contribution in [0.25, 0.3) is 10.9 Å². The number of carboxylic acids is 1. The first-order chi connectivity index (χ1) is 38.7. The highest BCUT2D eigenvalue weighted by Gasteiger charge is 2.36. The van der Waals surface area contributed by atoms with Gasteiger partial charge in [-0.05, 0) is 85.3 Å². The molecule has 4 aromatic carbocycles.